The molecule has 1 aliphatic rings. The Morgan fingerprint density at radius 1 is 1.19 bits per heavy atom. The van der Waals surface area contributed by atoms with Crippen LogP contribution in [0.2, 0.25) is 0 Å². The third-order valence-electron chi connectivity index (χ3n) is 7.10. The zero-order valence-electron chi connectivity index (χ0n) is 24.3. The number of nitrogens with two attached hydrogens (primary N) is 1. The molecule has 3 amide bonds. The van der Waals surface area contributed by atoms with Crippen molar-refractivity contribution in [2.24, 2.45) is 5.73 Å². The number of alkyl halides is 1. The number of hydrogen-bond acceptors (Lipinski definition) is 7. The van der Waals surface area contributed by atoms with Gasteiger partial charge in [-0.2, -0.15) is 0 Å². The number of benzene rings is 2. The summed E-state index contributed by atoms with van der Waals surface area (Å²) in [5, 5.41) is 14.8. The van der Waals surface area contributed by atoms with Crippen LogP contribution < -0.4 is 21.1 Å². The summed E-state index contributed by atoms with van der Waals surface area (Å²) in [4.78, 5) is 41.4. The molecule has 2 aromatic carbocycles. The second-order valence-electron chi connectivity index (χ2n) is 10.5. The summed E-state index contributed by atoms with van der Waals surface area (Å²) in [5.41, 5.74) is 5.23. The van der Waals surface area contributed by atoms with Crippen molar-refractivity contribution < 1.29 is 28.2 Å². The van der Waals surface area contributed by atoms with E-state index in [9.17, 15) is 14.4 Å². The molecule has 0 saturated carbocycles. The fourth-order valence-electron chi connectivity index (χ4n) is 4.80. The Morgan fingerprint density at radius 3 is 2.58 bits per heavy atom. The van der Waals surface area contributed by atoms with E-state index < -0.39 is 42.0 Å². The Kier molecular flexibility index (Phi) is 10.1. The molecule has 0 unspecified atom stereocenters. The molecule has 10 nitrogen and oxygen atoms in total. The van der Waals surface area contributed by atoms with Crippen LogP contribution in [0, 0.1) is 12.3 Å². The first-order valence-corrected chi connectivity index (χ1v) is 14.8. The minimum atomic E-state index is -1.92. The van der Waals surface area contributed by atoms with E-state index in [1.165, 1.54) is 16.2 Å². The molecule has 0 spiro atoms. The number of para-hydroxylation sites is 1. The van der Waals surface area contributed by atoms with Gasteiger partial charge in [0.15, 0.2) is 5.67 Å². The van der Waals surface area contributed by atoms with E-state index in [0.29, 0.717) is 22.6 Å². The number of thiophene rings is 1. The largest absolute Gasteiger partial charge is 0.457 e. The van der Waals surface area contributed by atoms with Crippen LogP contribution in [0.1, 0.15) is 52.7 Å². The summed E-state index contributed by atoms with van der Waals surface area (Å²) in [6.07, 6.45) is -0.240. The van der Waals surface area contributed by atoms with Crippen LogP contribution in [0.3, 0.4) is 0 Å². The van der Waals surface area contributed by atoms with Crippen molar-refractivity contribution >= 4 is 34.9 Å². The van der Waals surface area contributed by atoms with Crippen molar-refractivity contribution in [3.05, 3.63) is 81.5 Å². The Balaban J connectivity index is 1.41. The SMILES string of the molecule is CCOC[C@@]1(F)C[C@@H](C(=O)N[C@H](C)c2cc(C(=N)N)cs2)N(C(=O)CNC(=O)c2ccc(Oc3ccccc3)c(C)c2)C1. The molecule has 1 aromatic heterocycles. The summed E-state index contributed by atoms with van der Waals surface area (Å²) >= 11 is 1.33. The highest BCUT2D eigenvalue weighted by Gasteiger charge is 2.49. The molecule has 43 heavy (non-hydrogen) atoms. The number of likely N-dealkylation sites (tertiary alicyclic amines) is 1. The summed E-state index contributed by atoms with van der Waals surface area (Å²) in [5.74, 6) is -0.431. The van der Waals surface area contributed by atoms with Crippen LogP contribution >= 0.6 is 11.3 Å². The molecular weight excluding hydrogens is 573 g/mol. The molecule has 5 N–H and O–H groups in total. The van der Waals surface area contributed by atoms with E-state index in [0.717, 1.165) is 10.4 Å². The second-order valence-corrected chi connectivity index (χ2v) is 11.4. The van der Waals surface area contributed by atoms with Gasteiger partial charge in [-0.3, -0.25) is 19.8 Å². The lowest BCUT2D eigenvalue weighted by atomic mass is 10.0. The highest BCUT2D eigenvalue weighted by atomic mass is 32.1. The smallest absolute Gasteiger partial charge is 0.251 e. The number of rotatable bonds is 12. The lowest BCUT2D eigenvalue weighted by Gasteiger charge is -2.25. The fraction of sp³-hybridized carbons (Fsp3) is 0.355. The molecule has 1 aliphatic heterocycles. The predicted octanol–water partition coefficient (Wildman–Crippen LogP) is 4.09. The van der Waals surface area contributed by atoms with E-state index in [4.69, 9.17) is 20.6 Å². The predicted molar refractivity (Wildman–Crippen MR) is 162 cm³/mol. The zero-order chi connectivity index (χ0) is 31.1. The third-order valence-corrected chi connectivity index (χ3v) is 8.22. The van der Waals surface area contributed by atoms with Crippen LogP contribution in [0.4, 0.5) is 4.39 Å². The van der Waals surface area contributed by atoms with Crippen LogP contribution in [0.15, 0.2) is 60.0 Å². The maximum atomic E-state index is 15.7. The lowest BCUT2D eigenvalue weighted by molar-refractivity contribution is -0.138. The van der Waals surface area contributed by atoms with Gasteiger partial charge in [0, 0.05) is 34.4 Å². The van der Waals surface area contributed by atoms with Gasteiger partial charge in [0.25, 0.3) is 5.91 Å². The fourth-order valence-corrected chi connectivity index (χ4v) is 5.72. The number of amidine groups is 1. The standard InChI is InChI=1S/C31H36FN5O5S/c1-4-41-18-31(32)14-24(30(40)36-20(3)26-13-22(16-43-26)28(33)34)37(17-31)27(38)15-35-29(39)21-10-11-25(19(2)12-21)42-23-8-6-5-7-9-23/h5-13,16,20,24H,4,14-15,17-18H2,1-3H3,(H3,33,34)(H,35,39)(H,36,40)/t20-,24+,31-/m1/s1. The number of nitrogens with one attached hydrogen (secondary N) is 3. The number of hydrogen-bond donors (Lipinski definition) is 4. The summed E-state index contributed by atoms with van der Waals surface area (Å²) in [6, 6.07) is 14.3. The van der Waals surface area contributed by atoms with E-state index in [1.54, 1.807) is 43.5 Å². The third kappa shape index (κ3) is 7.96. The van der Waals surface area contributed by atoms with Crippen LogP contribution in [0.25, 0.3) is 0 Å². The number of aryl methyl sites for hydroxylation is 1. The van der Waals surface area contributed by atoms with Gasteiger partial charge in [-0.25, -0.2) is 4.39 Å². The van der Waals surface area contributed by atoms with E-state index >= 15 is 4.39 Å². The number of ether oxygens (including phenoxy) is 2. The van der Waals surface area contributed by atoms with Crippen LogP contribution in [0.5, 0.6) is 11.5 Å². The van der Waals surface area contributed by atoms with E-state index in [-0.39, 0.29) is 32.0 Å². The van der Waals surface area contributed by atoms with Crippen molar-refractivity contribution in [1.82, 2.24) is 15.5 Å². The summed E-state index contributed by atoms with van der Waals surface area (Å²) < 4.78 is 26.9. The zero-order valence-corrected chi connectivity index (χ0v) is 25.1. The van der Waals surface area contributed by atoms with E-state index in [2.05, 4.69) is 10.6 Å². The molecule has 0 bridgehead atoms. The maximum Gasteiger partial charge on any atom is 0.251 e. The van der Waals surface area contributed by atoms with Gasteiger partial charge in [-0.15, -0.1) is 11.3 Å². The van der Waals surface area contributed by atoms with Crippen LogP contribution in [-0.4, -0.2) is 66.5 Å². The molecule has 228 valence electrons. The summed E-state index contributed by atoms with van der Waals surface area (Å²) in [6.45, 7) is 4.57. The van der Waals surface area contributed by atoms with Gasteiger partial charge in [-0.1, -0.05) is 18.2 Å². The topological polar surface area (TPSA) is 147 Å². The number of carbonyl (C=O) groups excluding carboxylic acids is 3. The number of carbonyl (C=O) groups is 3. The van der Waals surface area contributed by atoms with Crippen molar-refractivity contribution in [1.29, 1.82) is 5.41 Å². The molecule has 1 saturated heterocycles. The monoisotopic (exact) mass is 609 g/mol. The van der Waals surface area contributed by atoms with E-state index in [1.807, 2.05) is 37.3 Å². The number of amides is 3. The number of nitrogen functional groups attached to an aromatic ring is 1. The van der Waals surface area contributed by atoms with Gasteiger partial charge in [0.1, 0.15) is 23.4 Å². The minimum absolute atomic E-state index is 0.0830. The number of nitrogens with zero attached hydrogens (tertiary/aromatic N) is 1. The molecular formula is C31H36FN5O5S. The van der Waals surface area contributed by atoms with Gasteiger partial charge in [0.2, 0.25) is 11.8 Å². The first kappa shape index (κ1) is 31.6. The Bertz CT molecular complexity index is 1480. The van der Waals surface area contributed by atoms with Gasteiger partial charge in [0.05, 0.1) is 25.7 Å². The van der Waals surface area contributed by atoms with Crippen molar-refractivity contribution in [3.63, 3.8) is 0 Å². The number of halogens is 1. The average Bonchev–Trinajstić information content (AvgIpc) is 3.62. The lowest BCUT2D eigenvalue weighted by Crippen LogP contribution is -2.49. The Labute approximate surface area is 253 Å². The highest BCUT2D eigenvalue weighted by Crippen LogP contribution is 2.32. The molecule has 3 aromatic rings. The quantitative estimate of drug-likeness (QED) is 0.180. The molecule has 4 rings (SSSR count). The molecule has 0 radical (unpaired) electrons. The second kappa shape index (κ2) is 13.8. The molecule has 12 heteroatoms. The van der Waals surface area contributed by atoms with Crippen molar-refractivity contribution in [2.75, 3.05) is 26.3 Å². The van der Waals surface area contributed by atoms with Gasteiger partial charge >= 0.3 is 0 Å². The van der Waals surface area contributed by atoms with Gasteiger partial charge < -0.3 is 30.7 Å². The molecule has 0 aliphatic carbocycles. The first-order valence-electron chi connectivity index (χ1n) is 13.9. The molecule has 1 fully saturated rings. The molecule has 2 heterocycles. The first-order chi connectivity index (χ1) is 20.5. The normalized spacial score (nSPS) is 18.6. The summed E-state index contributed by atoms with van der Waals surface area (Å²) in [7, 11) is 0. The van der Waals surface area contributed by atoms with Crippen molar-refractivity contribution in [2.45, 2.75) is 44.9 Å². The Hall–Kier alpha value is -4.29. The average molecular weight is 610 g/mol. The highest BCUT2D eigenvalue weighted by molar-refractivity contribution is 7.10. The minimum Gasteiger partial charge on any atom is -0.457 e. The molecule has 3 atom stereocenters. The van der Waals surface area contributed by atoms with Crippen LogP contribution in [-0.2, 0) is 14.3 Å². The maximum absolute atomic E-state index is 15.7. The van der Waals surface area contributed by atoms with Gasteiger partial charge in [-0.05, 0) is 62.7 Å². The Morgan fingerprint density at radius 2 is 1.93 bits per heavy atom. The van der Waals surface area contributed by atoms with Crippen molar-refractivity contribution in [3.8, 4) is 11.5 Å².